The molecule has 2 atom stereocenters. The van der Waals surface area contributed by atoms with Crippen LogP contribution in [-0.4, -0.2) is 54.7 Å². The van der Waals surface area contributed by atoms with Crippen LogP contribution in [0.5, 0.6) is 5.75 Å². The molecule has 0 aliphatic carbocycles. The van der Waals surface area contributed by atoms with Crippen LogP contribution in [-0.2, 0) is 4.74 Å². The van der Waals surface area contributed by atoms with Gasteiger partial charge in [0, 0.05) is 42.9 Å². The number of anilines is 1. The van der Waals surface area contributed by atoms with Crippen LogP contribution < -0.4 is 10.5 Å². The molecule has 1 aliphatic rings. The second-order valence-electron chi connectivity index (χ2n) is 9.84. The quantitative estimate of drug-likeness (QED) is 0.267. The van der Waals surface area contributed by atoms with E-state index in [2.05, 4.69) is 27.0 Å². The largest absolute Gasteiger partial charge is 0.490 e. The molecule has 0 saturated carbocycles. The Morgan fingerprint density at radius 2 is 2.00 bits per heavy atom. The molecule has 2 aromatic rings. The van der Waals surface area contributed by atoms with Crippen LogP contribution in [0.2, 0.25) is 10.0 Å². The molecule has 1 amide bonds. The molecule has 0 radical (unpaired) electrons. The number of amides is 1. The minimum atomic E-state index is -0.0773. The number of benzene rings is 2. The van der Waals surface area contributed by atoms with Gasteiger partial charge in [-0.05, 0) is 48.9 Å². The molecule has 0 aromatic heterocycles. The summed E-state index contributed by atoms with van der Waals surface area (Å²) in [4.78, 5) is 15.5. The first-order valence-corrected chi connectivity index (χ1v) is 14.0. The van der Waals surface area contributed by atoms with Crippen molar-refractivity contribution in [1.82, 2.24) is 4.90 Å². The number of nitrogen functional groups attached to an aromatic ring is 1. The first-order chi connectivity index (χ1) is 16.6. The van der Waals surface area contributed by atoms with Gasteiger partial charge in [-0.1, -0.05) is 56.1 Å². The lowest BCUT2D eigenvalue weighted by molar-refractivity contribution is 0.0650. The van der Waals surface area contributed by atoms with E-state index in [1.807, 2.05) is 34.9 Å². The number of carbonyl (C=O) groups excluding carboxylic acids is 1. The van der Waals surface area contributed by atoms with Crippen LogP contribution in [0, 0.1) is 5.92 Å². The average molecular weight is 540 g/mol. The number of thioether (sulfide) groups is 1. The van der Waals surface area contributed by atoms with E-state index >= 15 is 0 Å². The summed E-state index contributed by atoms with van der Waals surface area (Å²) in [6.07, 6.45) is 3.86. The second kappa shape index (κ2) is 12.6. The lowest BCUT2D eigenvalue weighted by Gasteiger charge is -2.33. The summed E-state index contributed by atoms with van der Waals surface area (Å²) in [7, 11) is 0. The lowest BCUT2D eigenvalue weighted by atomic mass is 9.94. The number of ether oxygens (including phenoxy) is 2. The normalized spacial score (nSPS) is 17.4. The van der Waals surface area contributed by atoms with Crippen LogP contribution in [0.4, 0.5) is 5.69 Å². The fourth-order valence-electron chi connectivity index (χ4n) is 4.09. The number of carbonyl (C=O) groups is 1. The zero-order valence-corrected chi connectivity index (χ0v) is 23.3. The zero-order chi connectivity index (χ0) is 25.6. The van der Waals surface area contributed by atoms with E-state index in [1.54, 1.807) is 18.2 Å². The van der Waals surface area contributed by atoms with Gasteiger partial charge in [-0.25, -0.2) is 0 Å². The first-order valence-electron chi connectivity index (χ1n) is 12.0. The Bertz CT molecular complexity index is 1020. The highest BCUT2D eigenvalue weighted by atomic mass is 35.5. The Labute approximate surface area is 223 Å². The van der Waals surface area contributed by atoms with Crippen LogP contribution >= 0.6 is 35.0 Å². The van der Waals surface area contributed by atoms with Gasteiger partial charge in [0.2, 0.25) is 0 Å². The van der Waals surface area contributed by atoms with E-state index in [1.165, 1.54) is 0 Å². The highest BCUT2D eigenvalue weighted by Gasteiger charge is 2.29. The molecule has 5 nitrogen and oxygen atoms in total. The van der Waals surface area contributed by atoms with Gasteiger partial charge in [-0.3, -0.25) is 4.79 Å². The third kappa shape index (κ3) is 7.69. The van der Waals surface area contributed by atoms with E-state index in [9.17, 15) is 4.79 Å². The smallest absolute Gasteiger partial charge is 0.257 e. The number of hydrogen-bond acceptors (Lipinski definition) is 5. The lowest BCUT2D eigenvalue weighted by Crippen LogP contribution is -2.41. The van der Waals surface area contributed by atoms with Crippen molar-refractivity contribution in [3.05, 3.63) is 57.6 Å². The summed E-state index contributed by atoms with van der Waals surface area (Å²) in [6, 6.07) is 11.0. The maximum Gasteiger partial charge on any atom is 0.257 e. The van der Waals surface area contributed by atoms with Crippen molar-refractivity contribution in [2.75, 3.05) is 44.9 Å². The van der Waals surface area contributed by atoms with Crippen molar-refractivity contribution >= 4 is 46.6 Å². The summed E-state index contributed by atoms with van der Waals surface area (Å²) < 4.78 is 12.1. The van der Waals surface area contributed by atoms with Gasteiger partial charge in [0.1, 0.15) is 0 Å². The number of nitrogens with zero attached hydrogens (tertiary/aromatic N) is 1. The molecule has 35 heavy (non-hydrogen) atoms. The molecule has 0 spiro atoms. The molecule has 1 heterocycles. The van der Waals surface area contributed by atoms with Gasteiger partial charge in [0.15, 0.2) is 5.75 Å². The van der Waals surface area contributed by atoms with Gasteiger partial charge >= 0.3 is 0 Å². The van der Waals surface area contributed by atoms with Gasteiger partial charge in [0.25, 0.3) is 5.91 Å². The second-order valence-corrected chi connectivity index (χ2v) is 12.2. The minimum Gasteiger partial charge on any atom is -0.490 e. The van der Waals surface area contributed by atoms with Crippen LogP contribution in [0.1, 0.15) is 55.5 Å². The summed E-state index contributed by atoms with van der Waals surface area (Å²) in [5, 5.41) is 1.03. The maximum absolute atomic E-state index is 13.6. The summed E-state index contributed by atoms with van der Waals surface area (Å²) in [5.74, 6) is 0.594. The molecule has 1 aliphatic heterocycles. The van der Waals surface area contributed by atoms with Crippen molar-refractivity contribution in [3.63, 3.8) is 0 Å². The number of halogens is 2. The Morgan fingerprint density at radius 1 is 1.23 bits per heavy atom. The van der Waals surface area contributed by atoms with E-state index in [4.69, 9.17) is 38.4 Å². The molecule has 0 saturated heterocycles. The van der Waals surface area contributed by atoms with Gasteiger partial charge < -0.3 is 20.1 Å². The molecular weight excluding hydrogens is 503 g/mol. The molecule has 2 N–H and O–H groups in total. The van der Waals surface area contributed by atoms with Gasteiger partial charge in [0.05, 0.1) is 27.9 Å². The summed E-state index contributed by atoms with van der Waals surface area (Å²) >= 11 is 14.4. The molecule has 0 fully saturated rings. The zero-order valence-electron chi connectivity index (χ0n) is 21.0. The van der Waals surface area contributed by atoms with Crippen molar-refractivity contribution in [3.8, 4) is 5.75 Å². The summed E-state index contributed by atoms with van der Waals surface area (Å²) in [6.45, 7) is 9.45. The highest BCUT2D eigenvalue weighted by Crippen LogP contribution is 2.33. The summed E-state index contributed by atoms with van der Waals surface area (Å²) in [5.41, 5.74) is 8.15. The minimum absolute atomic E-state index is 0.0410. The highest BCUT2D eigenvalue weighted by molar-refractivity contribution is 7.99. The Morgan fingerprint density at radius 3 is 2.71 bits per heavy atom. The average Bonchev–Trinajstić information content (AvgIpc) is 2.82. The molecule has 0 bridgehead atoms. The monoisotopic (exact) mass is 538 g/mol. The predicted octanol–water partition coefficient (Wildman–Crippen LogP) is 6.77. The number of rotatable bonds is 10. The number of para-hydroxylation sites is 1. The number of nitrogens with two attached hydrogens (primary N) is 1. The van der Waals surface area contributed by atoms with Crippen molar-refractivity contribution in [1.29, 1.82) is 0 Å². The SMILES string of the molecule is CSC(C)(C)CCOCC[C@H](CN1C[C@@H](C)COc2c(N)cccc2C1=O)c1ccc(Cl)c(Cl)c1. The fourth-order valence-corrected chi connectivity index (χ4v) is 4.69. The number of hydrogen-bond donors (Lipinski definition) is 1. The van der Waals surface area contributed by atoms with E-state index in [-0.39, 0.29) is 22.5 Å². The first kappa shape index (κ1) is 28.0. The van der Waals surface area contributed by atoms with E-state index in [0.29, 0.717) is 60.0 Å². The molecule has 192 valence electrons. The Balaban J connectivity index is 1.80. The Hall–Kier alpha value is -1.60. The molecule has 8 heteroatoms. The molecular formula is C27H36Cl2N2O3S. The third-order valence-corrected chi connectivity index (χ3v) is 8.52. The topological polar surface area (TPSA) is 64.8 Å². The van der Waals surface area contributed by atoms with Crippen LogP contribution in [0.25, 0.3) is 0 Å². The van der Waals surface area contributed by atoms with Crippen LogP contribution in [0.15, 0.2) is 36.4 Å². The van der Waals surface area contributed by atoms with Gasteiger partial charge in [-0.15, -0.1) is 0 Å². The number of fused-ring (bicyclic) bond motifs is 1. The van der Waals surface area contributed by atoms with Crippen molar-refractivity contribution < 1.29 is 14.3 Å². The van der Waals surface area contributed by atoms with Crippen molar-refractivity contribution in [2.45, 2.75) is 44.3 Å². The Kier molecular flexibility index (Phi) is 10.1. The molecule has 0 unspecified atom stereocenters. The fraction of sp³-hybridized carbons (Fsp3) is 0.519. The van der Waals surface area contributed by atoms with Gasteiger partial charge in [-0.2, -0.15) is 11.8 Å². The molecule has 2 aromatic carbocycles. The standard InChI is InChI=1S/C27H36Cl2N2O3S/c1-18-15-31(26(32)21-6-5-7-24(30)25(21)34-17-18)16-20(19-8-9-22(28)23(29)14-19)10-12-33-13-11-27(2,3)35-4/h5-9,14,18,20H,10-13,15-17,30H2,1-4H3/t18-,20-/m1/s1. The van der Waals surface area contributed by atoms with Crippen LogP contribution in [0.3, 0.4) is 0 Å². The maximum atomic E-state index is 13.6. The predicted molar refractivity (Wildman–Crippen MR) is 148 cm³/mol. The van der Waals surface area contributed by atoms with E-state index in [0.717, 1.165) is 18.4 Å². The van der Waals surface area contributed by atoms with Crippen molar-refractivity contribution in [2.24, 2.45) is 5.92 Å². The molecule has 3 rings (SSSR count). The third-order valence-electron chi connectivity index (χ3n) is 6.47. The van der Waals surface area contributed by atoms with E-state index < -0.39 is 0 Å².